The highest BCUT2D eigenvalue weighted by Gasteiger charge is 2.37. The summed E-state index contributed by atoms with van der Waals surface area (Å²) in [5.41, 5.74) is 0. The second kappa shape index (κ2) is 4.30. The first-order valence-electron chi connectivity index (χ1n) is 6.13. The lowest BCUT2D eigenvalue weighted by Gasteiger charge is -2.45. The van der Waals surface area contributed by atoms with Gasteiger partial charge in [0.25, 0.3) is 0 Å². The predicted molar refractivity (Wildman–Crippen MR) is 65.5 cm³/mol. The van der Waals surface area contributed by atoms with Gasteiger partial charge in [0.2, 0.25) is 0 Å². The van der Waals surface area contributed by atoms with Gasteiger partial charge in [-0.2, -0.15) is 0 Å². The Bertz CT molecular complexity index is 357. The molecule has 2 nitrogen and oxygen atoms in total. The summed E-state index contributed by atoms with van der Waals surface area (Å²) < 4.78 is 0. The zero-order valence-corrected chi connectivity index (χ0v) is 10.2. The molecule has 16 heavy (non-hydrogen) atoms. The first-order valence-corrected chi connectivity index (χ1v) is 7.01. The molecular weight excluding hydrogens is 218 g/mol. The van der Waals surface area contributed by atoms with E-state index in [2.05, 4.69) is 22.4 Å². The lowest BCUT2D eigenvalue weighted by atomic mass is 9.84. The van der Waals surface area contributed by atoms with E-state index in [9.17, 15) is 4.79 Å². The molecule has 3 heteroatoms. The molecule has 2 bridgehead atoms. The van der Waals surface area contributed by atoms with Crippen molar-refractivity contribution < 1.29 is 4.79 Å². The average Bonchev–Trinajstić information content (AvgIpc) is 2.72. The molecule has 0 N–H and O–H groups in total. The molecule has 1 aromatic heterocycles. The number of carbonyl (C=O) groups excluding carboxylic acids is 1. The highest BCUT2D eigenvalue weighted by molar-refractivity contribution is 7.09. The van der Waals surface area contributed by atoms with Crippen LogP contribution < -0.4 is 0 Å². The van der Waals surface area contributed by atoms with Crippen LogP contribution in [0.5, 0.6) is 0 Å². The maximum atomic E-state index is 11.6. The van der Waals surface area contributed by atoms with Crippen molar-refractivity contribution >= 4 is 17.1 Å². The van der Waals surface area contributed by atoms with E-state index in [1.807, 2.05) is 11.3 Å². The number of rotatable bonds is 2. The second-order valence-corrected chi connectivity index (χ2v) is 5.97. The zero-order valence-electron chi connectivity index (χ0n) is 9.39. The Morgan fingerprint density at radius 3 is 2.69 bits per heavy atom. The van der Waals surface area contributed by atoms with E-state index in [0.29, 0.717) is 17.9 Å². The van der Waals surface area contributed by atoms with Crippen molar-refractivity contribution in [1.82, 2.24) is 4.90 Å². The van der Waals surface area contributed by atoms with Crippen LogP contribution in [0.4, 0.5) is 0 Å². The van der Waals surface area contributed by atoms with Crippen molar-refractivity contribution in [2.45, 2.75) is 50.7 Å². The van der Waals surface area contributed by atoms with E-state index < -0.39 is 0 Å². The van der Waals surface area contributed by atoms with Crippen LogP contribution in [0, 0.1) is 0 Å². The van der Waals surface area contributed by atoms with Gasteiger partial charge in [0.05, 0.1) is 0 Å². The van der Waals surface area contributed by atoms with E-state index >= 15 is 0 Å². The molecule has 3 heterocycles. The van der Waals surface area contributed by atoms with Crippen LogP contribution >= 0.6 is 11.3 Å². The van der Waals surface area contributed by atoms with Crippen molar-refractivity contribution in [3.05, 3.63) is 22.4 Å². The highest BCUT2D eigenvalue weighted by Crippen LogP contribution is 2.33. The van der Waals surface area contributed by atoms with Crippen LogP contribution in [0.1, 0.15) is 37.0 Å². The first kappa shape index (κ1) is 10.5. The molecule has 3 rings (SSSR count). The molecule has 0 aliphatic carbocycles. The van der Waals surface area contributed by atoms with Gasteiger partial charge in [-0.05, 0) is 24.3 Å². The minimum Gasteiger partial charge on any atom is -0.300 e. The van der Waals surface area contributed by atoms with Crippen LogP contribution in [0.2, 0.25) is 0 Å². The molecule has 1 aromatic rings. The number of Topliss-reactive ketones (excluding diaryl/α,β-unsaturated/α-hetero) is 1. The summed E-state index contributed by atoms with van der Waals surface area (Å²) in [5.74, 6) is 0.483. The minimum absolute atomic E-state index is 0.483. The molecule has 2 saturated heterocycles. The van der Waals surface area contributed by atoms with E-state index in [0.717, 1.165) is 19.4 Å². The Morgan fingerprint density at radius 2 is 2.06 bits per heavy atom. The van der Waals surface area contributed by atoms with E-state index in [-0.39, 0.29) is 0 Å². The Hall–Kier alpha value is -0.670. The fraction of sp³-hybridized carbons (Fsp3) is 0.615. The molecule has 0 aromatic carbocycles. The van der Waals surface area contributed by atoms with E-state index in [1.165, 1.54) is 24.1 Å². The smallest absolute Gasteiger partial charge is 0.136 e. The van der Waals surface area contributed by atoms with Gasteiger partial charge in [0.1, 0.15) is 5.78 Å². The fourth-order valence-electron chi connectivity index (χ4n) is 3.11. The Labute approximate surface area is 100 Å². The van der Waals surface area contributed by atoms with Crippen molar-refractivity contribution in [1.29, 1.82) is 0 Å². The third-order valence-electron chi connectivity index (χ3n) is 3.86. The number of hydrogen-bond donors (Lipinski definition) is 0. The summed E-state index contributed by atoms with van der Waals surface area (Å²) in [6.07, 6.45) is 5.33. The van der Waals surface area contributed by atoms with Gasteiger partial charge in [-0.15, -0.1) is 11.3 Å². The average molecular weight is 235 g/mol. The fourth-order valence-corrected chi connectivity index (χ4v) is 3.82. The maximum Gasteiger partial charge on any atom is 0.136 e. The van der Waals surface area contributed by atoms with Crippen LogP contribution in [0.3, 0.4) is 0 Å². The number of fused-ring (bicyclic) bond motifs is 2. The van der Waals surface area contributed by atoms with Gasteiger partial charge in [-0.25, -0.2) is 0 Å². The number of piperidine rings is 2. The van der Waals surface area contributed by atoms with Gasteiger partial charge in [0, 0.05) is 36.3 Å². The number of nitrogens with zero attached hydrogens (tertiary/aromatic N) is 1. The third-order valence-corrected chi connectivity index (χ3v) is 4.72. The number of hydrogen-bond acceptors (Lipinski definition) is 3. The molecule has 2 aliphatic rings. The minimum atomic E-state index is 0.483. The third kappa shape index (κ3) is 1.94. The van der Waals surface area contributed by atoms with Gasteiger partial charge in [-0.3, -0.25) is 9.69 Å². The quantitative estimate of drug-likeness (QED) is 0.785. The van der Waals surface area contributed by atoms with Crippen LogP contribution in [0.15, 0.2) is 17.5 Å². The number of ketones is 1. The lowest BCUT2D eigenvalue weighted by molar-refractivity contribution is -0.127. The Kier molecular flexibility index (Phi) is 2.82. The first-order chi connectivity index (χ1) is 7.83. The van der Waals surface area contributed by atoms with Crippen LogP contribution in [-0.4, -0.2) is 22.8 Å². The molecule has 2 fully saturated rings. The predicted octanol–water partition coefficient (Wildman–Crippen LogP) is 2.83. The number of thiophene rings is 1. The molecule has 2 aliphatic heterocycles. The second-order valence-electron chi connectivity index (χ2n) is 4.94. The highest BCUT2D eigenvalue weighted by atomic mass is 32.1. The number of carbonyl (C=O) groups is 1. The standard InChI is InChI=1S/C13H17NOS/c15-12-7-10-3-1-4-11(8-12)14(10)9-13-5-2-6-16-13/h2,5-6,10-11H,1,3-4,7-9H2/t10-,11-/m0/s1. The Morgan fingerprint density at radius 1 is 1.31 bits per heavy atom. The lowest BCUT2D eigenvalue weighted by Crippen LogP contribution is -2.51. The summed E-state index contributed by atoms with van der Waals surface area (Å²) in [6.45, 7) is 1.06. The molecular formula is C13H17NOS. The molecule has 0 radical (unpaired) electrons. The van der Waals surface area contributed by atoms with Crippen LogP contribution in [0.25, 0.3) is 0 Å². The molecule has 0 spiro atoms. The van der Waals surface area contributed by atoms with Gasteiger partial charge in [0.15, 0.2) is 0 Å². The maximum absolute atomic E-state index is 11.6. The summed E-state index contributed by atoms with van der Waals surface area (Å²) in [7, 11) is 0. The van der Waals surface area contributed by atoms with E-state index in [4.69, 9.17) is 0 Å². The van der Waals surface area contributed by atoms with Gasteiger partial charge >= 0.3 is 0 Å². The van der Waals surface area contributed by atoms with Crippen LogP contribution in [-0.2, 0) is 11.3 Å². The van der Waals surface area contributed by atoms with Crippen molar-refractivity contribution in [3.63, 3.8) is 0 Å². The van der Waals surface area contributed by atoms with Gasteiger partial charge in [-0.1, -0.05) is 12.5 Å². The van der Waals surface area contributed by atoms with Crippen molar-refractivity contribution in [2.24, 2.45) is 0 Å². The van der Waals surface area contributed by atoms with Crippen molar-refractivity contribution in [2.75, 3.05) is 0 Å². The summed E-state index contributed by atoms with van der Waals surface area (Å²) in [5, 5.41) is 2.14. The molecule has 86 valence electrons. The van der Waals surface area contributed by atoms with Gasteiger partial charge < -0.3 is 0 Å². The molecule has 0 unspecified atom stereocenters. The zero-order chi connectivity index (χ0) is 11.0. The summed E-state index contributed by atoms with van der Waals surface area (Å²) in [4.78, 5) is 15.6. The summed E-state index contributed by atoms with van der Waals surface area (Å²) in [6, 6.07) is 5.38. The molecule has 2 atom stereocenters. The largest absolute Gasteiger partial charge is 0.300 e. The van der Waals surface area contributed by atoms with Crippen molar-refractivity contribution in [3.8, 4) is 0 Å². The SMILES string of the molecule is O=C1C[C@@H]2CCC[C@@H](C1)N2Cc1cccs1. The molecule has 0 amide bonds. The monoisotopic (exact) mass is 235 g/mol. The normalized spacial score (nSPS) is 30.6. The topological polar surface area (TPSA) is 20.3 Å². The Balaban J connectivity index is 1.76. The van der Waals surface area contributed by atoms with E-state index in [1.54, 1.807) is 0 Å². The molecule has 0 saturated carbocycles. The summed E-state index contributed by atoms with van der Waals surface area (Å²) >= 11 is 1.83.